The molecule has 0 saturated carbocycles. The van der Waals surface area contributed by atoms with E-state index in [1.54, 1.807) is 0 Å². The van der Waals surface area contributed by atoms with E-state index in [-0.39, 0.29) is 0 Å². The molecule has 2 aromatic carbocycles. The van der Waals surface area contributed by atoms with Gasteiger partial charge < -0.3 is 10.5 Å². The Labute approximate surface area is 119 Å². The Morgan fingerprint density at radius 3 is 2.47 bits per heavy atom. The topological polar surface area (TPSA) is 35.2 Å². The second-order valence-electron chi connectivity index (χ2n) is 4.66. The van der Waals surface area contributed by atoms with Crippen LogP contribution in [0.2, 0.25) is 0 Å². The number of rotatable bonds is 3. The lowest BCUT2D eigenvalue weighted by atomic mass is 10.1. The number of benzene rings is 2. The van der Waals surface area contributed by atoms with Gasteiger partial charge in [0.15, 0.2) is 0 Å². The van der Waals surface area contributed by atoms with E-state index in [1.807, 2.05) is 44.2 Å². The van der Waals surface area contributed by atoms with E-state index < -0.39 is 0 Å². The highest BCUT2D eigenvalue weighted by atomic mass is 32.1. The van der Waals surface area contributed by atoms with Crippen molar-refractivity contribution in [3.8, 4) is 11.5 Å². The monoisotopic (exact) mass is 271 g/mol. The molecule has 2 rings (SSSR count). The average molecular weight is 271 g/mol. The normalized spacial score (nSPS) is 10.3. The summed E-state index contributed by atoms with van der Waals surface area (Å²) in [6.07, 6.45) is 0. The summed E-state index contributed by atoms with van der Waals surface area (Å²) in [5, 5.41) is 0. The molecular formula is C16H17NOS. The summed E-state index contributed by atoms with van der Waals surface area (Å²) in [5.41, 5.74) is 9.96. The molecule has 0 amide bonds. The lowest BCUT2D eigenvalue weighted by molar-refractivity contribution is 0.477. The number of hydrogen-bond donors (Lipinski definition) is 1. The van der Waals surface area contributed by atoms with Crippen molar-refractivity contribution in [2.24, 2.45) is 5.73 Å². The van der Waals surface area contributed by atoms with Gasteiger partial charge in [0.25, 0.3) is 0 Å². The Morgan fingerprint density at radius 1 is 1.05 bits per heavy atom. The molecule has 0 spiro atoms. The Balaban J connectivity index is 2.44. The minimum Gasteiger partial charge on any atom is -0.456 e. The maximum atomic E-state index is 5.97. The van der Waals surface area contributed by atoms with E-state index in [0.717, 1.165) is 22.4 Å². The third kappa shape index (κ3) is 2.93. The van der Waals surface area contributed by atoms with E-state index in [9.17, 15) is 0 Å². The number of nitrogens with two attached hydrogens (primary N) is 1. The molecule has 0 heterocycles. The van der Waals surface area contributed by atoms with Gasteiger partial charge in [-0.15, -0.1) is 0 Å². The van der Waals surface area contributed by atoms with E-state index >= 15 is 0 Å². The lowest BCUT2D eigenvalue weighted by Crippen LogP contribution is -2.11. The van der Waals surface area contributed by atoms with Crippen LogP contribution >= 0.6 is 12.2 Å². The summed E-state index contributed by atoms with van der Waals surface area (Å²) in [6.45, 7) is 6.11. The van der Waals surface area contributed by atoms with Gasteiger partial charge in [-0.05, 0) is 50.1 Å². The molecule has 0 radical (unpaired) electrons. The van der Waals surface area contributed by atoms with Crippen molar-refractivity contribution < 1.29 is 4.74 Å². The minimum atomic E-state index is 0.351. The fourth-order valence-electron chi connectivity index (χ4n) is 1.88. The van der Waals surface area contributed by atoms with E-state index in [1.165, 1.54) is 5.56 Å². The second kappa shape index (κ2) is 5.41. The molecule has 0 unspecified atom stereocenters. The SMILES string of the molecule is Cc1ccc(Oc2cccc(C)c2C)c(C(N)=S)c1. The van der Waals surface area contributed by atoms with Crippen LogP contribution in [0.15, 0.2) is 36.4 Å². The van der Waals surface area contributed by atoms with Crippen LogP contribution < -0.4 is 10.5 Å². The number of aryl methyl sites for hydroxylation is 2. The molecular weight excluding hydrogens is 254 g/mol. The molecule has 98 valence electrons. The van der Waals surface area contributed by atoms with Crippen molar-refractivity contribution >= 4 is 17.2 Å². The Bertz CT molecular complexity index is 635. The highest BCUT2D eigenvalue weighted by Gasteiger charge is 2.10. The smallest absolute Gasteiger partial charge is 0.137 e. The zero-order valence-corrected chi connectivity index (χ0v) is 12.2. The predicted molar refractivity (Wildman–Crippen MR) is 83.1 cm³/mol. The van der Waals surface area contributed by atoms with Crippen LogP contribution in [0.4, 0.5) is 0 Å². The van der Waals surface area contributed by atoms with Crippen molar-refractivity contribution in [1.82, 2.24) is 0 Å². The van der Waals surface area contributed by atoms with E-state index in [2.05, 4.69) is 13.0 Å². The lowest BCUT2D eigenvalue weighted by Gasteiger charge is -2.14. The fourth-order valence-corrected chi connectivity index (χ4v) is 2.04. The van der Waals surface area contributed by atoms with E-state index in [0.29, 0.717) is 10.7 Å². The molecule has 0 aromatic heterocycles. The Kier molecular flexibility index (Phi) is 3.86. The fraction of sp³-hybridized carbons (Fsp3) is 0.188. The molecule has 0 atom stereocenters. The largest absolute Gasteiger partial charge is 0.456 e. The Hall–Kier alpha value is -1.87. The summed E-state index contributed by atoms with van der Waals surface area (Å²) in [5.74, 6) is 1.54. The molecule has 19 heavy (non-hydrogen) atoms. The highest BCUT2D eigenvalue weighted by molar-refractivity contribution is 7.80. The van der Waals surface area contributed by atoms with Crippen molar-refractivity contribution in [2.75, 3.05) is 0 Å². The summed E-state index contributed by atoms with van der Waals surface area (Å²) in [7, 11) is 0. The van der Waals surface area contributed by atoms with Gasteiger partial charge in [-0.2, -0.15) is 0 Å². The van der Waals surface area contributed by atoms with Gasteiger partial charge in [-0.3, -0.25) is 0 Å². The van der Waals surface area contributed by atoms with Gasteiger partial charge in [0.05, 0.1) is 5.56 Å². The zero-order chi connectivity index (χ0) is 14.0. The van der Waals surface area contributed by atoms with Crippen molar-refractivity contribution in [1.29, 1.82) is 0 Å². The van der Waals surface area contributed by atoms with Gasteiger partial charge >= 0.3 is 0 Å². The molecule has 3 heteroatoms. The predicted octanol–water partition coefficient (Wildman–Crippen LogP) is 4.04. The first-order valence-corrected chi connectivity index (χ1v) is 6.54. The van der Waals surface area contributed by atoms with Gasteiger partial charge in [-0.1, -0.05) is 36.0 Å². The summed E-state index contributed by atoms with van der Waals surface area (Å²) < 4.78 is 5.97. The van der Waals surface area contributed by atoms with E-state index in [4.69, 9.17) is 22.7 Å². The molecule has 0 saturated heterocycles. The molecule has 0 bridgehead atoms. The van der Waals surface area contributed by atoms with Crippen LogP contribution in [0.25, 0.3) is 0 Å². The first-order chi connectivity index (χ1) is 8.99. The average Bonchev–Trinajstić information content (AvgIpc) is 2.36. The zero-order valence-electron chi connectivity index (χ0n) is 11.4. The number of hydrogen-bond acceptors (Lipinski definition) is 2. The molecule has 0 aliphatic heterocycles. The van der Waals surface area contributed by atoms with Crippen LogP contribution in [-0.4, -0.2) is 4.99 Å². The van der Waals surface area contributed by atoms with Crippen molar-refractivity contribution in [2.45, 2.75) is 20.8 Å². The summed E-state index contributed by atoms with van der Waals surface area (Å²) in [4.78, 5) is 0.351. The maximum Gasteiger partial charge on any atom is 0.137 e. The Morgan fingerprint density at radius 2 is 1.79 bits per heavy atom. The van der Waals surface area contributed by atoms with Crippen LogP contribution in [0.3, 0.4) is 0 Å². The first kappa shape index (κ1) is 13.6. The summed E-state index contributed by atoms with van der Waals surface area (Å²) in [6, 6.07) is 11.8. The third-order valence-corrected chi connectivity index (χ3v) is 3.40. The summed E-state index contributed by atoms with van der Waals surface area (Å²) >= 11 is 5.08. The van der Waals surface area contributed by atoms with Crippen LogP contribution in [0.5, 0.6) is 11.5 Å². The first-order valence-electron chi connectivity index (χ1n) is 6.13. The van der Waals surface area contributed by atoms with Crippen molar-refractivity contribution in [3.63, 3.8) is 0 Å². The second-order valence-corrected chi connectivity index (χ2v) is 5.10. The molecule has 2 nitrogen and oxygen atoms in total. The molecule has 2 N–H and O–H groups in total. The van der Waals surface area contributed by atoms with Gasteiger partial charge in [-0.25, -0.2) is 0 Å². The number of thiocarbonyl (C=S) groups is 1. The number of ether oxygens (including phenoxy) is 1. The van der Waals surface area contributed by atoms with Crippen LogP contribution in [0.1, 0.15) is 22.3 Å². The molecule has 0 fully saturated rings. The van der Waals surface area contributed by atoms with Gasteiger partial charge in [0.1, 0.15) is 16.5 Å². The van der Waals surface area contributed by atoms with Gasteiger partial charge in [0.2, 0.25) is 0 Å². The molecule has 0 aliphatic rings. The van der Waals surface area contributed by atoms with Gasteiger partial charge in [0, 0.05) is 0 Å². The van der Waals surface area contributed by atoms with Crippen LogP contribution in [0, 0.1) is 20.8 Å². The highest BCUT2D eigenvalue weighted by Crippen LogP contribution is 2.29. The third-order valence-electron chi connectivity index (χ3n) is 3.18. The minimum absolute atomic E-state index is 0.351. The maximum absolute atomic E-state index is 5.97. The standard InChI is InChI=1S/C16H17NOS/c1-10-7-8-15(13(9-10)16(17)19)18-14-6-4-5-11(2)12(14)3/h4-9H,1-3H3,(H2,17,19). The molecule has 2 aromatic rings. The quantitative estimate of drug-likeness (QED) is 0.856. The van der Waals surface area contributed by atoms with Crippen molar-refractivity contribution in [3.05, 3.63) is 58.7 Å². The van der Waals surface area contributed by atoms with Crippen LogP contribution in [-0.2, 0) is 0 Å². The molecule has 0 aliphatic carbocycles.